The first-order chi connectivity index (χ1) is 9.90. The summed E-state index contributed by atoms with van der Waals surface area (Å²) in [4.78, 5) is 25.9. The van der Waals surface area contributed by atoms with Gasteiger partial charge in [-0.3, -0.25) is 9.59 Å². The molecular formula is C15H19FN2O3. The molecule has 21 heavy (non-hydrogen) atoms. The Kier molecular flexibility index (Phi) is 4.45. The average molecular weight is 294 g/mol. The number of phenols is 1. The second-order valence-electron chi connectivity index (χ2n) is 5.50. The van der Waals surface area contributed by atoms with Crippen LogP contribution < -0.4 is 5.32 Å². The zero-order chi connectivity index (χ0) is 15.6. The van der Waals surface area contributed by atoms with Gasteiger partial charge in [-0.05, 0) is 25.0 Å². The molecule has 0 radical (unpaired) electrons. The lowest BCUT2D eigenvalue weighted by atomic mass is 10.1. The minimum atomic E-state index is -0.705. The van der Waals surface area contributed by atoms with E-state index in [0.717, 1.165) is 12.5 Å². The molecule has 1 heterocycles. The maximum atomic E-state index is 13.6. The van der Waals surface area contributed by atoms with Crippen molar-refractivity contribution in [3.8, 4) is 5.75 Å². The van der Waals surface area contributed by atoms with Crippen molar-refractivity contribution in [1.29, 1.82) is 0 Å². The number of phenolic OH excluding ortho intramolecular Hbond substituents is 1. The van der Waals surface area contributed by atoms with E-state index in [9.17, 15) is 14.0 Å². The molecule has 0 aromatic heterocycles. The number of amides is 2. The van der Waals surface area contributed by atoms with Gasteiger partial charge in [-0.2, -0.15) is 0 Å². The maximum Gasteiger partial charge on any atom is 0.247 e. The maximum absolute atomic E-state index is 13.6. The Balaban J connectivity index is 2.10. The Labute approximate surface area is 122 Å². The van der Waals surface area contributed by atoms with Gasteiger partial charge in [0.2, 0.25) is 11.8 Å². The summed E-state index contributed by atoms with van der Waals surface area (Å²) in [6.45, 7) is 4.12. The topological polar surface area (TPSA) is 69.6 Å². The Hall–Kier alpha value is -2.11. The summed E-state index contributed by atoms with van der Waals surface area (Å²) in [6, 6.07) is 2.96. The number of anilines is 1. The minimum absolute atomic E-state index is 0.00152. The first-order valence-electron chi connectivity index (χ1n) is 7.00. The first-order valence-corrected chi connectivity index (χ1v) is 7.00. The highest BCUT2D eigenvalue weighted by molar-refractivity contribution is 5.97. The number of carbonyl (C=O) groups is 2. The second-order valence-corrected chi connectivity index (χ2v) is 5.50. The minimum Gasteiger partial charge on any atom is -0.508 e. The Morgan fingerprint density at radius 1 is 1.43 bits per heavy atom. The molecule has 2 amide bonds. The van der Waals surface area contributed by atoms with Gasteiger partial charge in [0.1, 0.15) is 17.6 Å². The highest BCUT2D eigenvalue weighted by Gasteiger charge is 2.35. The highest BCUT2D eigenvalue weighted by atomic mass is 19.1. The van der Waals surface area contributed by atoms with E-state index in [1.54, 1.807) is 18.7 Å². The summed E-state index contributed by atoms with van der Waals surface area (Å²) >= 11 is 0. The molecule has 6 heteroatoms. The van der Waals surface area contributed by atoms with Gasteiger partial charge in [-0.1, -0.05) is 13.8 Å². The molecule has 0 bridgehead atoms. The molecule has 2 N–H and O–H groups in total. The van der Waals surface area contributed by atoms with E-state index >= 15 is 0 Å². The summed E-state index contributed by atoms with van der Waals surface area (Å²) in [6.07, 6.45) is 1.33. The average Bonchev–Trinajstić information content (AvgIpc) is 2.90. The number of benzene rings is 1. The van der Waals surface area contributed by atoms with Crippen LogP contribution in [0.2, 0.25) is 0 Å². The number of halogens is 1. The van der Waals surface area contributed by atoms with Crippen molar-refractivity contribution in [1.82, 2.24) is 4.90 Å². The lowest BCUT2D eigenvalue weighted by Gasteiger charge is -2.25. The zero-order valence-corrected chi connectivity index (χ0v) is 12.1. The van der Waals surface area contributed by atoms with E-state index in [-0.39, 0.29) is 23.3 Å². The summed E-state index contributed by atoms with van der Waals surface area (Å²) < 4.78 is 13.6. The molecule has 1 saturated heterocycles. The van der Waals surface area contributed by atoms with Crippen molar-refractivity contribution in [3.63, 3.8) is 0 Å². The number of carbonyl (C=O) groups excluding carboxylic acids is 2. The van der Waals surface area contributed by atoms with Crippen molar-refractivity contribution in [2.75, 3.05) is 11.9 Å². The van der Waals surface area contributed by atoms with E-state index in [1.165, 1.54) is 12.1 Å². The van der Waals surface area contributed by atoms with Gasteiger partial charge in [-0.15, -0.1) is 0 Å². The van der Waals surface area contributed by atoms with Gasteiger partial charge >= 0.3 is 0 Å². The fourth-order valence-electron chi connectivity index (χ4n) is 2.46. The van der Waals surface area contributed by atoms with E-state index in [1.807, 2.05) is 0 Å². The summed E-state index contributed by atoms with van der Waals surface area (Å²) in [7, 11) is 0. The number of hydrogen-bond acceptors (Lipinski definition) is 3. The molecule has 1 atom stereocenters. The number of nitrogens with one attached hydrogen (secondary N) is 1. The lowest BCUT2D eigenvalue weighted by molar-refractivity contribution is -0.139. The van der Waals surface area contributed by atoms with Gasteiger partial charge in [0.25, 0.3) is 0 Å². The van der Waals surface area contributed by atoms with Gasteiger partial charge in [-0.25, -0.2) is 4.39 Å². The van der Waals surface area contributed by atoms with Gasteiger partial charge in [0.15, 0.2) is 0 Å². The molecule has 114 valence electrons. The smallest absolute Gasteiger partial charge is 0.247 e. The second kappa shape index (κ2) is 6.11. The van der Waals surface area contributed by atoms with Gasteiger partial charge in [0.05, 0.1) is 5.69 Å². The Bertz CT molecular complexity index is 560. The van der Waals surface area contributed by atoms with Crippen LogP contribution in [0.3, 0.4) is 0 Å². The summed E-state index contributed by atoms with van der Waals surface area (Å²) in [5.74, 6) is -1.56. The molecule has 0 aliphatic carbocycles. The SMILES string of the molecule is CC(C)C(=O)N1CCCC1C(=O)Nc1ccc(O)cc1F. The third-order valence-corrected chi connectivity index (χ3v) is 3.54. The van der Waals surface area contributed by atoms with Crippen LogP contribution in [-0.2, 0) is 9.59 Å². The molecule has 1 aromatic rings. The van der Waals surface area contributed by atoms with Crippen molar-refractivity contribution in [2.45, 2.75) is 32.7 Å². The Morgan fingerprint density at radius 2 is 2.14 bits per heavy atom. The first kappa shape index (κ1) is 15.3. The molecule has 0 saturated carbocycles. The van der Waals surface area contributed by atoms with Crippen molar-refractivity contribution in [2.24, 2.45) is 5.92 Å². The van der Waals surface area contributed by atoms with Crippen LogP contribution >= 0.6 is 0 Å². The predicted molar refractivity (Wildman–Crippen MR) is 76.3 cm³/mol. The normalized spacial score (nSPS) is 18.1. The van der Waals surface area contributed by atoms with E-state index in [0.29, 0.717) is 13.0 Å². The Morgan fingerprint density at radius 3 is 2.76 bits per heavy atom. The monoisotopic (exact) mass is 294 g/mol. The van der Waals surface area contributed by atoms with Crippen LogP contribution in [0.15, 0.2) is 18.2 Å². The van der Waals surface area contributed by atoms with Gasteiger partial charge in [0, 0.05) is 18.5 Å². The number of likely N-dealkylation sites (tertiary alicyclic amines) is 1. The molecular weight excluding hydrogens is 275 g/mol. The molecule has 5 nitrogen and oxygen atoms in total. The lowest BCUT2D eigenvalue weighted by Crippen LogP contribution is -2.44. The third kappa shape index (κ3) is 3.32. The standard InChI is InChI=1S/C15H19FN2O3/c1-9(2)15(21)18-7-3-4-13(18)14(20)17-12-6-5-10(19)8-11(12)16/h5-6,8-9,13,19H,3-4,7H2,1-2H3,(H,17,20). The molecule has 1 aliphatic rings. The van der Waals surface area contributed by atoms with Crippen LogP contribution in [0, 0.1) is 11.7 Å². The number of rotatable bonds is 3. The van der Waals surface area contributed by atoms with Crippen LogP contribution in [0.25, 0.3) is 0 Å². The predicted octanol–water partition coefficient (Wildman–Crippen LogP) is 2.12. The fourth-order valence-corrected chi connectivity index (χ4v) is 2.46. The van der Waals surface area contributed by atoms with Crippen molar-refractivity contribution < 1.29 is 19.1 Å². The van der Waals surface area contributed by atoms with Crippen molar-refractivity contribution in [3.05, 3.63) is 24.0 Å². The van der Waals surface area contributed by atoms with Crippen molar-refractivity contribution >= 4 is 17.5 Å². The van der Waals surface area contributed by atoms with Crippen LogP contribution in [-0.4, -0.2) is 34.4 Å². The highest BCUT2D eigenvalue weighted by Crippen LogP contribution is 2.23. The van der Waals surface area contributed by atoms with E-state index < -0.39 is 17.8 Å². The number of aromatic hydroxyl groups is 1. The van der Waals surface area contributed by atoms with E-state index in [4.69, 9.17) is 5.11 Å². The quantitative estimate of drug-likeness (QED) is 0.839. The molecule has 1 fully saturated rings. The third-order valence-electron chi connectivity index (χ3n) is 3.54. The number of hydrogen-bond donors (Lipinski definition) is 2. The fraction of sp³-hybridized carbons (Fsp3) is 0.467. The van der Waals surface area contributed by atoms with Crippen LogP contribution in [0.4, 0.5) is 10.1 Å². The van der Waals surface area contributed by atoms with E-state index in [2.05, 4.69) is 5.32 Å². The molecule has 2 rings (SSSR count). The molecule has 1 aromatic carbocycles. The summed E-state index contributed by atoms with van der Waals surface area (Å²) in [5, 5.41) is 11.6. The number of nitrogens with zero attached hydrogens (tertiary/aromatic N) is 1. The van der Waals surface area contributed by atoms with Crippen LogP contribution in [0.1, 0.15) is 26.7 Å². The molecule has 0 spiro atoms. The molecule has 1 unspecified atom stereocenters. The molecule has 1 aliphatic heterocycles. The summed E-state index contributed by atoms with van der Waals surface area (Å²) in [5.41, 5.74) is 0.00152. The largest absolute Gasteiger partial charge is 0.508 e. The van der Waals surface area contributed by atoms with Gasteiger partial charge < -0.3 is 15.3 Å². The zero-order valence-electron chi connectivity index (χ0n) is 12.1. The van der Waals surface area contributed by atoms with Crippen LogP contribution in [0.5, 0.6) is 5.75 Å².